The fourth-order valence-corrected chi connectivity index (χ4v) is 7.10. The number of rotatable bonds is 4. The van der Waals surface area contributed by atoms with Gasteiger partial charge < -0.3 is 10.2 Å². The van der Waals surface area contributed by atoms with Gasteiger partial charge >= 0.3 is 0 Å². The summed E-state index contributed by atoms with van der Waals surface area (Å²) in [7, 11) is 0. The van der Waals surface area contributed by atoms with E-state index in [1.165, 1.54) is 32.7 Å². The second-order valence-electron chi connectivity index (χ2n) is 11.3. The van der Waals surface area contributed by atoms with Crippen LogP contribution in [0.3, 0.4) is 0 Å². The van der Waals surface area contributed by atoms with E-state index in [0.717, 1.165) is 39.8 Å². The Morgan fingerprint density at radius 2 is 0.976 bits per heavy atom. The van der Waals surface area contributed by atoms with Crippen molar-refractivity contribution in [3.05, 3.63) is 168 Å². The number of aromatic hydroxyl groups is 2. The summed E-state index contributed by atoms with van der Waals surface area (Å²) in [6.07, 6.45) is 0.748. The van der Waals surface area contributed by atoms with Gasteiger partial charge in [-0.3, -0.25) is 0 Å². The van der Waals surface area contributed by atoms with Crippen LogP contribution in [0, 0.1) is 0 Å². The largest absolute Gasteiger partial charge is 0.507 e. The first kappa shape index (κ1) is 24.5. The molecule has 0 bridgehead atoms. The molecule has 7 aromatic rings. The summed E-state index contributed by atoms with van der Waals surface area (Å²) in [5, 5.41) is 27.2. The maximum Gasteiger partial charge on any atom is 0.123 e. The van der Waals surface area contributed by atoms with Crippen molar-refractivity contribution in [2.45, 2.75) is 11.8 Å². The van der Waals surface area contributed by atoms with E-state index in [0.29, 0.717) is 0 Å². The molecule has 0 aromatic heterocycles. The molecule has 2 nitrogen and oxygen atoms in total. The van der Waals surface area contributed by atoms with Gasteiger partial charge in [-0.15, -0.1) is 0 Å². The SMILES string of the molecule is Oc1ccc(C2(c3ccc(O)c(-c4ccccc4)c3)Cc3cccc4ccc5cccc2c5c34)cc1-c1ccccc1. The molecular formula is C40H28O2. The third-order valence-corrected chi connectivity index (χ3v) is 9.04. The highest BCUT2D eigenvalue weighted by Gasteiger charge is 2.42. The van der Waals surface area contributed by atoms with Crippen molar-refractivity contribution >= 4 is 21.5 Å². The molecule has 42 heavy (non-hydrogen) atoms. The van der Waals surface area contributed by atoms with Crippen molar-refractivity contribution in [3.63, 3.8) is 0 Å². The van der Waals surface area contributed by atoms with Gasteiger partial charge in [-0.2, -0.15) is 0 Å². The molecule has 0 saturated heterocycles. The van der Waals surface area contributed by atoms with Crippen LogP contribution in [-0.2, 0) is 11.8 Å². The molecule has 0 saturated carbocycles. The van der Waals surface area contributed by atoms with Crippen LogP contribution in [-0.4, -0.2) is 10.2 Å². The van der Waals surface area contributed by atoms with Crippen LogP contribution >= 0.6 is 0 Å². The molecule has 0 radical (unpaired) electrons. The zero-order chi connectivity index (χ0) is 28.3. The average molecular weight is 541 g/mol. The van der Waals surface area contributed by atoms with Gasteiger partial charge in [0, 0.05) is 16.5 Å². The fraction of sp³-hybridized carbons (Fsp3) is 0.0500. The molecule has 8 rings (SSSR count). The average Bonchev–Trinajstić information content (AvgIpc) is 3.05. The smallest absolute Gasteiger partial charge is 0.123 e. The Labute approximate surface area is 244 Å². The number of benzene rings is 7. The Bertz CT molecular complexity index is 2040. The molecule has 200 valence electrons. The molecule has 7 aromatic carbocycles. The minimum absolute atomic E-state index is 0.257. The lowest BCUT2D eigenvalue weighted by Gasteiger charge is -2.41. The molecule has 1 aliphatic rings. The molecule has 0 aliphatic heterocycles. The normalized spacial score (nSPS) is 13.5. The van der Waals surface area contributed by atoms with Gasteiger partial charge in [-0.1, -0.05) is 121 Å². The molecule has 0 heterocycles. The summed E-state index contributed by atoms with van der Waals surface area (Å²) in [6, 6.07) is 49.9. The Kier molecular flexibility index (Phi) is 5.45. The second kappa shape index (κ2) is 9.36. The predicted octanol–water partition coefficient (Wildman–Crippen LogP) is 9.63. The van der Waals surface area contributed by atoms with Crippen LogP contribution in [0.25, 0.3) is 43.8 Å². The molecule has 0 amide bonds. The summed E-state index contributed by atoms with van der Waals surface area (Å²) in [4.78, 5) is 0. The lowest BCUT2D eigenvalue weighted by molar-refractivity contribution is 0.476. The zero-order valence-corrected chi connectivity index (χ0v) is 23.0. The van der Waals surface area contributed by atoms with E-state index in [-0.39, 0.29) is 11.5 Å². The first-order valence-corrected chi connectivity index (χ1v) is 14.4. The minimum atomic E-state index is -0.573. The first-order chi connectivity index (χ1) is 20.6. The van der Waals surface area contributed by atoms with Crippen molar-refractivity contribution in [2.24, 2.45) is 0 Å². The maximum atomic E-state index is 11.1. The molecule has 0 atom stereocenters. The first-order valence-electron chi connectivity index (χ1n) is 14.4. The lowest BCUT2D eigenvalue weighted by Crippen LogP contribution is -2.34. The summed E-state index contributed by atoms with van der Waals surface area (Å²) >= 11 is 0. The molecule has 0 spiro atoms. The van der Waals surface area contributed by atoms with Gasteiger partial charge in [0.05, 0.1) is 0 Å². The highest BCUT2D eigenvalue weighted by Crippen LogP contribution is 2.52. The zero-order valence-electron chi connectivity index (χ0n) is 23.0. The van der Waals surface area contributed by atoms with Gasteiger partial charge in [0.2, 0.25) is 0 Å². The monoisotopic (exact) mass is 540 g/mol. The summed E-state index contributed by atoms with van der Waals surface area (Å²) in [5.74, 6) is 0.514. The Morgan fingerprint density at radius 3 is 1.55 bits per heavy atom. The molecule has 2 N–H and O–H groups in total. The number of hydrogen-bond donors (Lipinski definition) is 2. The number of phenols is 2. The Balaban J connectivity index is 1.50. The van der Waals surface area contributed by atoms with Crippen LogP contribution in [0.5, 0.6) is 11.5 Å². The topological polar surface area (TPSA) is 40.5 Å². The van der Waals surface area contributed by atoms with Crippen molar-refractivity contribution in [2.75, 3.05) is 0 Å². The molecule has 1 aliphatic carbocycles. The predicted molar refractivity (Wildman–Crippen MR) is 172 cm³/mol. The second-order valence-corrected chi connectivity index (χ2v) is 11.3. The molecule has 0 unspecified atom stereocenters. The Hall–Kier alpha value is -5.34. The van der Waals surface area contributed by atoms with Crippen molar-refractivity contribution in [1.29, 1.82) is 0 Å². The number of phenolic OH excluding ortho intramolecular Hbond substituents is 2. The molecule has 2 heteroatoms. The lowest BCUT2D eigenvalue weighted by atomic mass is 9.61. The maximum absolute atomic E-state index is 11.1. The van der Waals surface area contributed by atoms with Crippen LogP contribution in [0.4, 0.5) is 0 Å². The Morgan fingerprint density at radius 1 is 0.452 bits per heavy atom. The standard InChI is InChI=1S/C40H28O2/c41-36-21-19-31(23-33(36)26-9-3-1-4-10-26)40(32-20-22-37(42)34(24-32)27-11-5-2-6-12-27)25-30-15-7-13-28-17-18-29-14-8-16-35(40)39(29)38(28)30/h1-24,41-42H,25H2. The van der Waals surface area contributed by atoms with Gasteiger partial charge in [0.25, 0.3) is 0 Å². The summed E-state index contributed by atoms with van der Waals surface area (Å²) in [6.45, 7) is 0. The van der Waals surface area contributed by atoms with E-state index in [2.05, 4.69) is 72.8 Å². The van der Waals surface area contributed by atoms with E-state index in [4.69, 9.17) is 0 Å². The van der Waals surface area contributed by atoms with E-state index in [9.17, 15) is 10.2 Å². The minimum Gasteiger partial charge on any atom is -0.507 e. The highest BCUT2D eigenvalue weighted by molar-refractivity contribution is 6.13. The molecule has 0 fully saturated rings. The van der Waals surface area contributed by atoms with Crippen molar-refractivity contribution in [1.82, 2.24) is 0 Å². The van der Waals surface area contributed by atoms with E-state index in [1.54, 1.807) is 0 Å². The van der Waals surface area contributed by atoms with E-state index >= 15 is 0 Å². The van der Waals surface area contributed by atoms with Crippen LogP contribution in [0.2, 0.25) is 0 Å². The van der Waals surface area contributed by atoms with Gasteiger partial charge in [0.15, 0.2) is 0 Å². The molecular weight excluding hydrogens is 512 g/mol. The van der Waals surface area contributed by atoms with Crippen molar-refractivity contribution in [3.8, 4) is 33.8 Å². The summed E-state index contributed by atoms with van der Waals surface area (Å²) in [5.41, 5.74) is 7.71. The third kappa shape index (κ3) is 3.59. The summed E-state index contributed by atoms with van der Waals surface area (Å²) < 4.78 is 0. The van der Waals surface area contributed by atoms with Gasteiger partial charge in [0.1, 0.15) is 11.5 Å². The van der Waals surface area contributed by atoms with Crippen LogP contribution in [0.1, 0.15) is 22.3 Å². The van der Waals surface area contributed by atoms with Gasteiger partial charge in [-0.25, -0.2) is 0 Å². The fourth-order valence-electron chi connectivity index (χ4n) is 7.10. The third-order valence-electron chi connectivity index (χ3n) is 9.04. The van der Waals surface area contributed by atoms with Crippen LogP contribution < -0.4 is 0 Å². The quantitative estimate of drug-likeness (QED) is 0.218. The number of hydrogen-bond acceptors (Lipinski definition) is 2. The van der Waals surface area contributed by atoms with E-state index < -0.39 is 5.41 Å². The van der Waals surface area contributed by atoms with Crippen LogP contribution in [0.15, 0.2) is 146 Å². The highest BCUT2D eigenvalue weighted by atomic mass is 16.3. The van der Waals surface area contributed by atoms with E-state index in [1.807, 2.05) is 72.8 Å². The van der Waals surface area contributed by atoms with Crippen molar-refractivity contribution < 1.29 is 10.2 Å². The van der Waals surface area contributed by atoms with Gasteiger partial charge in [-0.05, 0) is 85.6 Å².